The van der Waals surface area contributed by atoms with Crippen LogP contribution in [0, 0.1) is 13.8 Å². The lowest BCUT2D eigenvalue weighted by Gasteiger charge is -2.12. The first kappa shape index (κ1) is 13.4. The van der Waals surface area contributed by atoms with Crippen LogP contribution in [0.2, 0.25) is 0 Å². The van der Waals surface area contributed by atoms with Crippen molar-refractivity contribution in [1.82, 2.24) is 10.3 Å². The number of aryl methyl sites for hydroxylation is 2. The van der Waals surface area contributed by atoms with Crippen molar-refractivity contribution in [3.8, 4) is 0 Å². The lowest BCUT2D eigenvalue weighted by molar-refractivity contribution is -0.117. The highest BCUT2D eigenvalue weighted by Crippen LogP contribution is 2.24. The molecule has 0 fully saturated rings. The van der Waals surface area contributed by atoms with E-state index in [-0.39, 0.29) is 11.0 Å². The maximum atomic E-state index is 11.0. The number of thiocarbonyl (C=S) groups is 1. The molecule has 0 radical (unpaired) electrons. The Balaban J connectivity index is 2.44. The molecule has 2 N–H and O–H groups in total. The van der Waals surface area contributed by atoms with E-state index in [0.717, 1.165) is 27.8 Å². The molecular formula is C14H15N3OS. The molecule has 0 saturated carbocycles. The molecule has 0 atom stereocenters. The van der Waals surface area contributed by atoms with Gasteiger partial charge in [0.15, 0.2) is 5.11 Å². The Hall–Kier alpha value is -2.01. The maximum Gasteiger partial charge on any atom is 0.222 e. The number of benzene rings is 1. The molecule has 5 heteroatoms. The Bertz CT molecular complexity index is 667. The van der Waals surface area contributed by atoms with Gasteiger partial charge in [0.1, 0.15) is 0 Å². The summed E-state index contributed by atoms with van der Waals surface area (Å²) in [5, 5.41) is 6.90. The number of rotatable bonds is 1. The van der Waals surface area contributed by atoms with Crippen LogP contribution in [-0.4, -0.2) is 16.0 Å². The van der Waals surface area contributed by atoms with E-state index in [1.165, 1.54) is 6.92 Å². The first-order valence-electron chi connectivity index (χ1n) is 5.93. The van der Waals surface area contributed by atoms with Gasteiger partial charge in [-0.3, -0.25) is 9.78 Å². The molecule has 0 saturated heterocycles. The van der Waals surface area contributed by atoms with Crippen molar-refractivity contribution in [3.63, 3.8) is 0 Å². The van der Waals surface area contributed by atoms with Crippen LogP contribution in [-0.2, 0) is 4.79 Å². The van der Waals surface area contributed by atoms with Crippen LogP contribution in [0.1, 0.15) is 18.2 Å². The van der Waals surface area contributed by atoms with Gasteiger partial charge in [0.05, 0.1) is 11.2 Å². The summed E-state index contributed by atoms with van der Waals surface area (Å²) in [7, 11) is 0. The van der Waals surface area contributed by atoms with Crippen molar-refractivity contribution in [2.24, 2.45) is 0 Å². The van der Waals surface area contributed by atoms with Gasteiger partial charge in [0, 0.05) is 18.0 Å². The number of fused-ring (bicyclic) bond motifs is 1. The molecule has 1 aromatic carbocycles. The van der Waals surface area contributed by atoms with Gasteiger partial charge in [-0.15, -0.1) is 0 Å². The average molecular weight is 273 g/mol. The van der Waals surface area contributed by atoms with Gasteiger partial charge >= 0.3 is 0 Å². The number of hydrogen-bond donors (Lipinski definition) is 2. The summed E-state index contributed by atoms with van der Waals surface area (Å²) in [4.78, 5) is 15.5. The molecule has 0 aliphatic rings. The predicted molar refractivity (Wildman–Crippen MR) is 81.3 cm³/mol. The van der Waals surface area contributed by atoms with Gasteiger partial charge in [0.2, 0.25) is 5.91 Å². The highest BCUT2D eigenvalue weighted by molar-refractivity contribution is 7.80. The first-order chi connectivity index (χ1) is 8.97. The standard InChI is InChI=1S/C14H15N3OS/c1-8-7-9(2)15-13-11(8)5-4-6-12(13)17-14(19)16-10(3)18/h4-7H,1-3H3,(H2,16,17,18,19). The lowest BCUT2D eigenvalue weighted by atomic mass is 10.1. The third-order valence-corrected chi connectivity index (χ3v) is 2.92. The van der Waals surface area contributed by atoms with Gasteiger partial charge in [-0.1, -0.05) is 12.1 Å². The van der Waals surface area contributed by atoms with Crippen molar-refractivity contribution in [1.29, 1.82) is 0 Å². The first-order valence-corrected chi connectivity index (χ1v) is 6.34. The van der Waals surface area contributed by atoms with E-state index in [2.05, 4.69) is 15.6 Å². The number of para-hydroxylation sites is 1. The zero-order chi connectivity index (χ0) is 14.0. The quantitative estimate of drug-likeness (QED) is 0.784. The fraction of sp³-hybridized carbons (Fsp3) is 0.214. The Morgan fingerprint density at radius 3 is 2.74 bits per heavy atom. The fourth-order valence-corrected chi connectivity index (χ4v) is 2.25. The second-order valence-corrected chi connectivity index (χ2v) is 4.83. The number of pyridine rings is 1. The normalized spacial score (nSPS) is 10.3. The summed E-state index contributed by atoms with van der Waals surface area (Å²) < 4.78 is 0. The molecule has 1 amide bonds. The Kier molecular flexibility index (Phi) is 3.76. The van der Waals surface area contributed by atoms with E-state index in [1.807, 2.05) is 38.1 Å². The molecule has 19 heavy (non-hydrogen) atoms. The topological polar surface area (TPSA) is 54.0 Å². The van der Waals surface area contributed by atoms with Gasteiger partial charge in [-0.05, 0) is 43.8 Å². The van der Waals surface area contributed by atoms with Crippen LogP contribution in [0.4, 0.5) is 5.69 Å². The average Bonchev–Trinajstić information content (AvgIpc) is 2.29. The van der Waals surface area contributed by atoms with Gasteiger partial charge in [-0.2, -0.15) is 0 Å². The Labute approximate surface area is 117 Å². The lowest BCUT2D eigenvalue weighted by Crippen LogP contribution is -2.32. The van der Waals surface area contributed by atoms with Crippen molar-refractivity contribution in [2.75, 3.05) is 5.32 Å². The molecule has 98 valence electrons. The number of amides is 1. The second-order valence-electron chi connectivity index (χ2n) is 4.42. The largest absolute Gasteiger partial charge is 0.331 e. The van der Waals surface area contributed by atoms with Crippen LogP contribution < -0.4 is 10.6 Å². The van der Waals surface area contributed by atoms with Gasteiger partial charge in [0.25, 0.3) is 0 Å². The summed E-state index contributed by atoms with van der Waals surface area (Å²) in [5.41, 5.74) is 3.76. The third-order valence-electron chi connectivity index (χ3n) is 2.71. The molecule has 0 unspecified atom stereocenters. The molecule has 2 aromatic rings. The highest BCUT2D eigenvalue weighted by atomic mass is 32.1. The highest BCUT2D eigenvalue weighted by Gasteiger charge is 2.07. The van der Waals surface area contributed by atoms with Crippen LogP contribution >= 0.6 is 12.2 Å². The van der Waals surface area contributed by atoms with Crippen LogP contribution in [0.15, 0.2) is 24.3 Å². The van der Waals surface area contributed by atoms with E-state index < -0.39 is 0 Å². The summed E-state index contributed by atoms with van der Waals surface area (Å²) in [6.07, 6.45) is 0. The van der Waals surface area contributed by atoms with Crippen molar-refractivity contribution >= 4 is 39.8 Å². The number of nitrogens with zero attached hydrogens (tertiary/aromatic N) is 1. The second kappa shape index (κ2) is 5.32. The minimum Gasteiger partial charge on any atom is -0.331 e. The van der Waals surface area contributed by atoms with Crippen molar-refractivity contribution < 1.29 is 4.79 Å². The van der Waals surface area contributed by atoms with E-state index in [0.29, 0.717) is 0 Å². The number of carbonyl (C=O) groups excluding carboxylic acids is 1. The number of hydrogen-bond acceptors (Lipinski definition) is 3. The fourth-order valence-electron chi connectivity index (χ4n) is 2.00. The molecule has 0 aliphatic carbocycles. The van der Waals surface area contributed by atoms with Crippen LogP contribution in [0.25, 0.3) is 10.9 Å². The zero-order valence-corrected chi connectivity index (χ0v) is 11.9. The molecular weight excluding hydrogens is 258 g/mol. The maximum absolute atomic E-state index is 11.0. The molecule has 2 rings (SSSR count). The molecule has 0 spiro atoms. The Morgan fingerprint density at radius 1 is 1.32 bits per heavy atom. The smallest absolute Gasteiger partial charge is 0.222 e. The number of aromatic nitrogens is 1. The minimum absolute atomic E-state index is 0.196. The van der Waals surface area contributed by atoms with E-state index in [1.54, 1.807) is 0 Å². The summed E-state index contributed by atoms with van der Waals surface area (Å²) in [5.74, 6) is -0.196. The number of anilines is 1. The summed E-state index contributed by atoms with van der Waals surface area (Å²) in [6, 6.07) is 7.88. The molecule has 1 aromatic heterocycles. The minimum atomic E-state index is -0.196. The monoisotopic (exact) mass is 273 g/mol. The SMILES string of the molecule is CC(=O)NC(=S)Nc1cccc2c(C)cc(C)nc12. The predicted octanol–water partition coefficient (Wildman–Crippen LogP) is 2.68. The molecule has 4 nitrogen and oxygen atoms in total. The molecule has 0 aliphatic heterocycles. The summed E-state index contributed by atoms with van der Waals surface area (Å²) in [6.45, 7) is 5.42. The number of nitrogens with one attached hydrogen (secondary N) is 2. The number of carbonyl (C=O) groups is 1. The molecule has 0 bridgehead atoms. The summed E-state index contributed by atoms with van der Waals surface area (Å²) >= 11 is 5.07. The van der Waals surface area contributed by atoms with Crippen LogP contribution in [0.5, 0.6) is 0 Å². The van der Waals surface area contributed by atoms with Crippen molar-refractivity contribution in [3.05, 3.63) is 35.5 Å². The van der Waals surface area contributed by atoms with Gasteiger partial charge in [-0.25, -0.2) is 0 Å². The molecule has 1 heterocycles. The van der Waals surface area contributed by atoms with E-state index in [4.69, 9.17) is 12.2 Å². The van der Waals surface area contributed by atoms with Crippen molar-refractivity contribution in [2.45, 2.75) is 20.8 Å². The zero-order valence-electron chi connectivity index (χ0n) is 11.1. The van der Waals surface area contributed by atoms with E-state index >= 15 is 0 Å². The van der Waals surface area contributed by atoms with Crippen LogP contribution in [0.3, 0.4) is 0 Å². The Morgan fingerprint density at radius 2 is 2.05 bits per heavy atom. The third kappa shape index (κ3) is 3.06. The van der Waals surface area contributed by atoms with Gasteiger partial charge < -0.3 is 10.6 Å². The van der Waals surface area contributed by atoms with E-state index in [9.17, 15) is 4.79 Å².